The number of hydrogen-bond acceptors (Lipinski definition) is 4. The van der Waals surface area contributed by atoms with Crippen LogP contribution in [0.15, 0.2) is 29.3 Å². The van der Waals surface area contributed by atoms with Crippen molar-refractivity contribution in [2.45, 2.75) is 57.1 Å². The van der Waals surface area contributed by atoms with Gasteiger partial charge in [-0.15, -0.1) is 0 Å². The maximum atomic E-state index is 6.47. The van der Waals surface area contributed by atoms with Gasteiger partial charge in [0.05, 0.1) is 19.3 Å². The molecule has 1 saturated carbocycles. The molecule has 2 N–H and O–H groups in total. The first-order valence-electron chi connectivity index (χ1n) is 10.7. The third-order valence-electron chi connectivity index (χ3n) is 5.52. The van der Waals surface area contributed by atoms with E-state index in [1.54, 1.807) is 7.11 Å². The van der Waals surface area contributed by atoms with Crippen LogP contribution >= 0.6 is 0 Å². The van der Waals surface area contributed by atoms with Crippen LogP contribution in [-0.2, 0) is 9.47 Å². The summed E-state index contributed by atoms with van der Waals surface area (Å²) in [7, 11) is 1.69. The van der Waals surface area contributed by atoms with Crippen LogP contribution in [0, 0.1) is 0 Å². The summed E-state index contributed by atoms with van der Waals surface area (Å²) in [5, 5.41) is 7.06. The van der Waals surface area contributed by atoms with Crippen LogP contribution in [0.4, 0.5) is 0 Å². The minimum absolute atomic E-state index is 0.0153. The maximum absolute atomic E-state index is 6.47. The van der Waals surface area contributed by atoms with Crippen LogP contribution in [0.1, 0.15) is 57.1 Å². The molecule has 6 nitrogen and oxygen atoms in total. The maximum Gasteiger partial charge on any atom is 0.191 e. The number of nitrogens with one attached hydrogen (secondary N) is 2. The Bertz CT molecular complexity index is 629. The molecule has 6 heteroatoms. The van der Waals surface area contributed by atoms with E-state index in [1.807, 2.05) is 0 Å². The van der Waals surface area contributed by atoms with Gasteiger partial charge in [0.2, 0.25) is 0 Å². The number of nitrogens with zero attached hydrogens (tertiary/aromatic N) is 1. The summed E-state index contributed by atoms with van der Waals surface area (Å²) in [6.07, 6.45) is 6.69. The lowest BCUT2D eigenvalue weighted by Crippen LogP contribution is -2.46. The van der Waals surface area contributed by atoms with E-state index in [1.165, 1.54) is 18.4 Å². The standard InChI is InChI=1S/C22H35N3O3/c1-3-23-21(24-13-8-14-27-16-15-26-2)25-19-17-22(11-6-7-12-22)28-20-10-5-4-9-18(19)20/h4-5,9-10,19H,3,6-8,11-17H2,1-2H3,(H2,23,24,25). The van der Waals surface area contributed by atoms with E-state index in [9.17, 15) is 0 Å². The van der Waals surface area contributed by atoms with E-state index >= 15 is 0 Å². The van der Waals surface area contributed by atoms with Crippen molar-refractivity contribution in [3.05, 3.63) is 29.8 Å². The highest BCUT2D eigenvalue weighted by atomic mass is 16.5. The molecule has 2 aliphatic rings. The van der Waals surface area contributed by atoms with Crippen LogP contribution in [-0.4, -0.2) is 51.6 Å². The summed E-state index contributed by atoms with van der Waals surface area (Å²) in [4.78, 5) is 4.76. The lowest BCUT2D eigenvalue weighted by molar-refractivity contribution is 0.0396. The Balaban J connectivity index is 1.62. The van der Waals surface area contributed by atoms with Crippen molar-refractivity contribution in [2.75, 3.05) is 40.0 Å². The number of benzene rings is 1. The van der Waals surface area contributed by atoms with Crippen molar-refractivity contribution >= 4 is 5.96 Å². The summed E-state index contributed by atoms with van der Waals surface area (Å²) in [5.74, 6) is 1.89. The molecule has 1 fully saturated rings. The molecule has 1 aliphatic heterocycles. The Morgan fingerprint density at radius 1 is 1.21 bits per heavy atom. The molecule has 3 rings (SSSR count). The molecular formula is C22H35N3O3. The highest BCUT2D eigenvalue weighted by molar-refractivity contribution is 5.80. The first-order valence-corrected chi connectivity index (χ1v) is 10.7. The first kappa shape index (κ1) is 20.9. The summed E-state index contributed by atoms with van der Waals surface area (Å²) in [5.41, 5.74) is 1.21. The molecule has 1 aromatic carbocycles. The number of hydrogen-bond donors (Lipinski definition) is 2. The van der Waals surface area contributed by atoms with Gasteiger partial charge in [-0.1, -0.05) is 18.2 Å². The fourth-order valence-electron chi connectivity index (χ4n) is 4.16. The summed E-state index contributed by atoms with van der Waals surface area (Å²) in [6.45, 7) is 5.65. The second-order valence-corrected chi connectivity index (χ2v) is 7.65. The van der Waals surface area contributed by atoms with Gasteiger partial charge in [-0.25, -0.2) is 0 Å². The van der Waals surface area contributed by atoms with Crippen LogP contribution in [0.3, 0.4) is 0 Å². The normalized spacial score (nSPS) is 20.6. The van der Waals surface area contributed by atoms with Gasteiger partial charge in [0.1, 0.15) is 11.4 Å². The minimum Gasteiger partial charge on any atom is -0.487 e. The van der Waals surface area contributed by atoms with E-state index in [0.29, 0.717) is 19.8 Å². The predicted molar refractivity (Wildman–Crippen MR) is 112 cm³/mol. The fraction of sp³-hybridized carbons (Fsp3) is 0.682. The van der Waals surface area contributed by atoms with Crippen molar-refractivity contribution in [1.29, 1.82) is 0 Å². The number of fused-ring (bicyclic) bond motifs is 1. The average molecular weight is 390 g/mol. The molecule has 1 aromatic rings. The lowest BCUT2D eigenvalue weighted by atomic mass is 9.86. The van der Waals surface area contributed by atoms with E-state index in [0.717, 1.165) is 50.5 Å². The molecule has 0 amide bonds. The summed E-state index contributed by atoms with van der Waals surface area (Å²) in [6, 6.07) is 8.64. The molecule has 0 bridgehead atoms. The Hall–Kier alpha value is -1.79. The quantitative estimate of drug-likeness (QED) is 0.385. The largest absolute Gasteiger partial charge is 0.487 e. The molecule has 28 heavy (non-hydrogen) atoms. The number of para-hydroxylation sites is 1. The molecule has 156 valence electrons. The van der Waals surface area contributed by atoms with Crippen LogP contribution in [0.2, 0.25) is 0 Å². The van der Waals surface area contributed by atoms with E-state index in [-0.39, 0.29) is 11.6 Å². The predicted octanol–water partition coefficient (Wildman–Crippen LogP) is 3.43. The third-order valence-corrected chi connectivity index (χ3v) is 5.52. The molecular weight excluding hydrogens is 354 g/mol. The van der Waals surface area contributed by atoms with Gasteiger partial charge >= 0.3 is 0 Å². The fourth-order valence-corrected chi connectivity index (χ4v) is 4.16. The monoisotopic (exact) mass is 389 g/mol. The Morgan fingerprint density at radius 3 is 2.82 bits per heavy atom. The second kappa shape index (κ2) is 10.7. The zero-order chi connectivity index (χ0) is 19.7. The smallest absolute Gasteiger partial charge is 0.191 e. The van der Waals surface area contributed by atoms with E-state index < -0.39 is 0 Å². The number of guanidine groups is 1. The van der Waals surface area contributed by atoms with Crippen molar-refractivity contribution in [2.24, 2.45) is 4.99 Å². The molecule has 1 atom stereocenters. The topological polar surface area (TPSA) is 64.1 Å². The molecule has 0 aromatic heterocycles. The number of ether oxygens (including phenoxy) is 3. The van der Waals surface area contributed by atoms with Gasteiger partial charge in [0.25, 0.3) is 0 Å². The second-order valence-electron chi connectivity index (χ2n) is 7.65. The van der Waals surface area contributed by atoms with Crippen LogP contribution in [0.5, 0.6) is 5.75 Å². The van der Waals surface area contributed by atoms with E-state index in [2.05, 4.69) is 41.8 Å². The van der Waals surface area contributed by atoms with E-state index in [4.69, 9.17) is 19.2 Å². The number of methoxy groups -OCH3 is 1. The molecule has 0 radical (unpaired) electrons. The number of aliphatic imine (C=N–C) groups is 1. The molecule has 1 heterocycles. The Labute approximate surface area is 169 Å². The Kier molecular flexibility index (Phi) is 7.98. The molecule has 1 spiro atoms. The van der Waals surface area contributed by atoms with Crippen molar-refractivity contribution < 1.29 is 14.2 Å². The van der Waals surface area contributed by atoms with Gasteiger partial charge < -0.3 is 24.8 Å². The van der Waals surface area contributed by atoms with Gasteiger partial charge in [0.15, 0.2) is 5.96 Å². The third kappa shape index (κ3) is 5.61. The highest BCUT2D eigenvalue weighted by Gasteiger charge is 2.43. The van der Waals surface area contributed by atoms with Gasteiger partial charge in [0, 0.05) is 38.8 Å². The lowest BCUT2D eigenvalue weighted by Gasteiger charge is -2.40. The van der Waals surface area contributed by atoms with Crippen molar-refractivity contribution in [3.63, 3.8) is 0 Å². The van der Waals surface area contributed by atoms with Crippen LogP contribution in [0.25, 0.3) is 0 Å². The number of rotatable bonds is 9. The van der Waals surface area contributed by atoms with Crippen LogP contribution < -0.4 is 15.4 Å². The van der Waals surface area contributed by atoms with Gasteiger partial charge in [-0.05, 0) is 45.1 Å². The zero-order valence-electron chi connectivity index (χ0n) is 17.3. The Morgan fingerprint density at radius 2 is 2.04 bits per heavy atom. The first-order chi connectivity index (χ1) is 13.8. The molecule has 0 saturated heterocycles. The van der Waals surface area contributed by atoms with Crippen molar-refractivity contribution in [1.82, 2.24) is 10.6 Å². The van der Waals surface area contributed by atoms with Crippen molar-refractivity contribution in [3.8, 4) is 5.75 Å². The highest BCUT2D eigenvalue weighted by Crippen LogP contribution is 2.46. The van der Waals surface area contributed by atoms with Gasteiger partial charge in [-0.3, -0.25) is 4.99 Å². The SMILES string of the molecule is CCNC(=NCCCOCCOC)NC1CC2(CCCC2)Oc2ccccc21. The summed E-state index contributed by atoms with van der Waals surface area (Å²) < 4.78 is 17.0. The minimum atomic E-state index is -0.0153. The molecule has 1 unspecified atom stereocenters. The summed E-state index contributed by atoms with van der Waals surface area (Å²) >= 11 is 0. The zero-order valence-corrected chi connectivity index (χ0v) is 17.3. The van der Waals surface area contributed by atoms with Gasteiger partial charge in [-0.2, -0.15) is 0 Å². The average Bonchev–Trinajstić information content (AvgIpc) is 3.14. The molecule has 1 aliphatic carbocycles.